The third-order valence-corrected chi connectivity index (χ3v) is 4.11. The molecule has 1 atom stereocenters. The Kier molecular flexibility index (Phi) is 3.15. The fourth-order valence-electron chi connectivity index (χ4n) is 3.08. The van der Waals surface area contributed by atoms with Crippen LogP contribution in [0.1, 0.15) is 18.0 Å². The van der Waals surface area contributed by atoms with Gasteiger partial charge < -0.3 is 0 Å². The highest BCUT2D eigenvalue weighted by Crippen LogP contribution is 2.35. The fraction of sp³-hybridized carbons (Fsp3) is 0.105. The number of para-hydroxylation sites is 1. The number of benzene rings is 2. The summed E-state index contributed by atoms with van der Waals surface area (Å²) in [5.41, 5.74) is 2.33. The average molecular weight is 301 g/mol. The Bertz CT molecular complexity index is 986. The van der Waals surface area contributed by atoms with Crippen LogP contribution in [0.2, 0.25) is 0 Å². The van der Waals surface area contributed by atoms with Crippen molar-refractivity contribution >= 4 is 22.4 Å². The quantitative estimate of drug-likeness (QED) is 0.693. The second kappa shape index (κ2) is 5.32. The van der Waals surface area contributed by atoms with Crippen LogP contribution in [0.3, 0.4) is 0 Å². The Labute approximate surface area is 133 Å². The SMILES string of the molecule is C=CCC1C(c2ccccc2)=Nc2c3ccccc3nc(=O)n21. The second-order valence-corrected chi connectivity index (χ2v) is 5.51. The highest BCUT2D eigenvalue weighted by atomic mass is 16.1. The van der Waals surface area contributed by atoms with E-state index in [9.17, 15) is 4.79 Å². The third-order valence-electron chi connectivity index (χ3n) is 4.11. The first-order valence-corrected chi connectivity index (χ1v) is 7.56. The molecule has 1 aliphatic rings. The van der Waals surface area contributed by atoms with E-state index in [1.807, 2.05) is 60.7 Å². The maximum Gasteiger partial charge on any atom is 0.350 e. The van der Waals surface area contributed by atoms with Gasteiger partial charge in [-0.2, -0.15) is 4.98 Å². The lowest BCUT2D eigenvalue weighted by Gasteiger charge is -2.15. The van der Waals surface area contributed by atoms with Crippen LogP contribution in [0.4, 0.5) is 5.82 Å². The van der Waals surface area contributed by atoms with Crippen LogP contribution in [0.25, 0.3) is 10.9 Å². The standard InChI is InChI=1S/C19H15N3O/c1-2-8-16-17(13-9-4-3-5-10-13)21-18-14-11-6-7-12-15(14)20-19(23)22(16)18/h2-7,9-12,16H,1,8H2. The summed E-state index contributed by atoms with van der Waals surface area (Å²) in [5, 5.41) is 0.895. The van der Waals surface area contributed by atoms with Crippen molar-refractivity contribution in [1.29, 1.82) is 0 Å². The molecule has 4 rings (SSSR count). The van der Waals surface area contributed by atoms with Crippen LogP contribution >= 0.6 is 0 Å². The van der Waals surface area contributed by atoms with E-state index in [-0.39, 0.29) is 11.7 Å². The normalized spacial score (nSPS) is 16.2. The molecular weight excluding hydrogens is 286 g/mol. The molecule has 0 radical (unpaired) electrons. The van der Waals surface area contributed by atoms with Crippen molar-refractivity contribution in [3.63, 3.8) is 0 Å². The molecule has 0 spiro atoms. The van der Waals surface area contributed by atoms with E-state index in [1.54, 1.807) is 4.57 Å². The molecule has 0 amide bonds. The van der Waals surface area contributed by atoms with Gasteiger partial charge in [0.05, 0.1) is 17.3 Å². The number of fused-ring (bicyclic) bond motifs is 3. The fourth-order valence-corrected chi connectivity index (χ4v) is 3.08. The van der Waals surface area contributed by atoms with Gasteiger partial charge in [0.1, 0.15) is 5.82 Å². The van der Waals surface area contributed by atoms with Crippen molar-refractivity contribution in [3.05, 3.63) is 83.3 Å². The predicted molar refractivity (Wildman–Crippen MR) is 92.5 cm³/mol. The first-order chi connectivity index (χ1) is 11.3. The summed E-state index contributed by atoms with van der Waals surface area (Å²) in [6.07, 6.45) is 2.46. The van der Waals surface area contributed by atoms with Gasteiger partial charge in [-0.15, -0.1) is 6.58 Å². The number of rotatable bonds is 3. The molecule has 2 aromatic carbocycles. The zero-order valence-electron chi connectivity index (χ0n) is 12.5. The molecule has 0 saturated carbocycles. The molecule has 0 saturated heterocycles. The average Bonchev–Trinajstić information content (AvgIpc) is 2.97. The maximum atomic E-state index is 12.5. The molecule has 1 aliphatic heterocycles. The van der Waals surface area contributed by atoms with Crippen LogP contribution in [-0.4, -0.2) is 15.3 Å². The summed E-state index contributed by atoms with van der Waals surface area (Å²) < 4.78 is 1.69. The van der Waals surface area contributed by atoms with E-state index in [2.05, 4.69) is 11.6 Å². The summed E-state index contributed by atoms with van der Waals surface area (Å²) in [6, 6.07) is 17.4. The van der Waals surface area contributed by atoms with E-state index in [0.717, 1.165) is 16.7 Å². The largest absolute Gasteiger partial charge is 0.350 e. The first-order valence-electron chi connectivity index (χ1n) is 7.56. The predicted octanol–water partition coefficient (Wildman–Crippen LogP) is 3.65. The number of aliphatic imine (C=N–C) groups is 1. The van der Waals surface area contributed by atoms with E-state index in [1.165, 1.54) is 0 Å². The smallest absolute Gasteiger partial charge is 0.266 e. The Morgan fingerprint density at radius 2 is 1.83 bits per heavy atom. The Morgan fingerprint density at radius 1 is 1.09 bits per heavy atom. The lowest BCUT2D eigenvalue weighted by Crippen LogP contribution is -2.28. The molecule has 23 heavy (non-hydrogen) atoms. The maximum absolute atomic E-state index is 12.5. The number of nitrogens with zero attached hydrogens (tertiary/aromatic N) is 3. The molecule has 0 fully saturated rings. The molecule has 1 unspecified atom stereocenters. The number of aromatic nitrogens is 2. The number of hydrogen-bond acceptors (Lipinski definition) is 3. The highest BCUT2D eigenvalue weighted by Gasteiger charge is 2.29. The molecule has 0 bridgehead atoms. The van der Waals surface area contributed by atoms with E-state index >= 15 is 0 Å². The summed E-state index contributed by atoms with van der Waals surface area (Å²) in [5.74, 6) is 0.686. The van der Waals surface area contributed by atoms with Gasteiger partial charge in [0, 0.05) is 5.39 Å². The molecule has 4 nitrogen and oxygen atoms in total. The van der Waals surface area contributed by atoms with Crippen molar-refractivity contribution in [2.45, 2.75) is 12.5 Å². The number of hydrogen-bond donors (Lipinski definition) is 0. The van der Waals surface area contributed by atoms with Gasteiger partial charge in [-0.3, -0.25) is 4.57 Å². The van der Waals surface area contributed by atoms with Crippen molar-refractivity contribution in [2.24, 2.45) is 4.99 Å². The minimum absolute atomic E-state index is 0.158. The summed E-state index contributed by atoms with van der Waals surface area (Å²) >= 11 is 0. The van der Waals surface area contributed by atoms with E-state index in [4.69, 9.17) is 4.99 Å². The van der Waals surface area contributed by atoms with Crippen LogP contribution in [0.5, 0.6) is 0 Å². The van der Waals surface area contributed by atoms with Gasteiger partial charge in [0.2, 0.25) is 0 Å². The zero-order valence-corrected chi connectivity index (χ0v) is 12.5. The third kappa shape index (κ3) is 2.11. The molecule has 0 aliphatic carbocycles. The molecular formula is C19H15N3O. The van der Waals surface area contributed by atoms with Gasteiger partial charge in [-0.05, 0) is 24.1 Å². The molecule has 2 heterocycles. The lowest BCUT2D eigenvalue weighted by molar-refractivity contribution is 0.638. The van der Waals surface area contributed by atoms with Gasteiger partial charge in [0.15, 0.2) is 0 Å². The monoisotopic (exact) mass is 301 g/mol. The van der Waals surface area contributed by atoms with Crippen LogP contribution in [0.15, 0.2) is 77.0 Å². The Morgan fingerprint density at radius 3 is 2.61 bits per heavy atom. The Hall–Kier alpha value is -3.01. The Balaban J connectivity index is 2.02. The number of allylic oxidation sites excluding steroid dienone is 1. The summed E-state index contributed by atoms with van der Waals surface area (Å²) in [4.78, 5) is 21.5. The van der Waals surface area contributed by atoms with E-state index < -0.39 is 0 Å². The molecule has 3 aromatic rings. The van der Waals surface area contributed by atoms with Crippen LogP contribution in [0, 0.1) is 0 Å². The van der Waals surface area contributed by atoms with Crippen LogP contribution in [-0.2, 0) is 0 Å². The molecule has 0 N–H and O–H groups in total. The van der Waals surface area contributed by atoms with Crippen molar-refractivity contribution < 1.29 is 0 Å². The van der Waals surface area contributed by atoms with Crippen molar-refractivity contribution in [2.75, 3.05) is 0 Å². The molecule has 1 aromatic heterocycles. The minimum atomic E-state index is -0.264. The molecule has 112 valence electrons. The summed E-state index contributed by atoms with van der Waals surface area (Å²) in [7, 11) is 0. The van der Waals surface area contributed by atoms with Crippen molar-refractivity contribution in [1.82, 2.24) is 9.55 Å². The van der Waals surface area contributed by atoms with Crippen molar-refractivity contribution in [3.8, 4) is 0 Å². The topological polar surface area (TPSA) is 47.2 Å². The highest BCUT2D eigenvalue weighted by molar-refractivity contribution is 6.08. The van der Waals surface area contributed by atoms with Gasteiger partial charge >= 0.3 is 5.69 Å². The zero-order chi connectivity index (χ0) is 15.8. The first kappa shape index (κ1) is 13.6. The van der Waals surface area contributed by atoms with Crippen LogP contribution < -0.4 is 5.69 Å². The van der Waals surface area contributed by atoms with Gasteiger partial charge in [-0.25, -0.2) is 9.79 Å². The molecule has 4 heteroatoms. The van der Waals surface area contributed by atoms with E-state index in [0.29, 0.717) is 17.8 Å². The van der Waals surface area contributed by atoms with Gasteiger partial charge in [-0.1, -0.05) is 48.5 Å². The summed E-state index contributed by atoms with van der Waals surface area (Å²) in [6.45, 7) is 3.83. The second-order valence-electron chi connectivity index (χ2n) is 5.51. The lowest BCUT2D eigenvalue weighted by atomic mass is 10.0. The minimum Gasteiger partial charge on any atom is -0.266 e. The van der Waals surface area contributed by atoms with Gasteiger partial charge in [0.25, 0.3) is 0 Å².